The quantitative estimate of drug-likeness (QED) is 0.697. The van der Waals surface area contributed by atoms with E-state index in [0.717, 1.165) is 24.6 Å². The van der Waals surface area contributed by atoms with Crippen LogP contribution in [-0.4, -0.2) is 10.8 Å². The van der Waals surface area contributed by atoms with Crippen molar-refractivity contribution in [3.8, 4) is 17.9 Å². The van der Waals surface area contributed by atoms with Crippen LogP contribution in [0.3, 0.4) is 0 Å². The number of Topliss-reactive ketones (excluding diaryl/α,β-unsaturated/α-hetero) is 1. The number of pyridine rings is 1. The molecule has 1 aliphatic carbocycles. The number of carbonyl (C=O) groups is 1. The van der Waals surface area contributed by atoms with Crippen molar-refractivity contribution >= 4 is 5.78 Å². The van der Waals surface area contributed by atoms with Crippen LogP contribution in [0.1, 0.15) is 53.1 Å². The average Bonchev–Trinajstić information content (AvgIpc) is 2.56. The third-order valence-electron chi connectivity index (χ3n) is 4.18. The number of hydrogen-bond acceptors (Lipinski definition) is 3. The maximum atomic E-state index is 13.4. The number of fused-ring (bicyclic) bond motifs is 1. The van der Waals surface area contributed by atoms with Gasteiger partial charge in [-0.2, -0.15) is 5.26 Å². The molecule has 1 aromatic heterocycles. The molecule has 1 aliphatic rings. The molecule has 1 aromatic carbocycles. The number of nitriles is 1. The molecule has 0 bridgehead atoms. The topological polar surface area (TPSA) is 53.8 Å². The molecule has 0 fully saturated rings. The van der Waals surface area contributed by atoms with Crippen molar-refractivity contribution in [2.24, 2.45) is 5.41 Å². The van der Waals surface area contributed by atoms with Crippen LogP contribution < -0.4 is 0 Å². The highest BCUT2D eigenvalue weighted by Gasteiger charge is 2.34. The SMILES string of the molecule is CC1(C)CCc2nc(C#Cc3cc(F)cc(C#N)c3)ccc2C1=O. The number of hydrogen-bond donors (Lipinski definition) is 0. The molecule has 3 nitrogen and oxygen atoms in total. The smallest absolute Gasteiger partial charge is 0.170 e. The number of rotatable bonds is 0. The van der Waals surface area contributed by atoms with Crippen molar-refractivity contribution in [2.45, 2.75) is 26.7 Å². The van der Waals surface area contributed by atoms with E-state index in [0.29, 0.717) is 16.8 Å². The number of carbonyl (C=O) groups excluding carboxylic acids is 1. The number of aromatic nitrogens is 1. The Morgan fingerprint density at radius 1 is 1.17 bits per heavy atom. The highest BCUT2D eigenvalue weighted by Crippen LogP contribution is 2.33. The van der Waals surface area contributed by atoms with Crippen molar-refractivity contribution in [3.63, 3.8) is 0 Å². The molecular formula is C20H15FN2O. The van der Waals surface area contributed by atoms with E-state index in [4.69, 9.17) is 5.26 Å². The maximum Gasteiger partial charge on any atom is 0.170 e. The van der Waals surface area contributed by atoms with E-state index >= 15 is 0 Å². The summed E-state index contributed by atoms with van der Waals surface area (Å²) in [7, 11) is 0. The van der Waals surface area contributed by atoms with Crippen LogP contribution in [0.25, 0.3) is 0 Å². The van der Waals surface area contributed by atoms with Gasteiger partial charge in [0.05, 0.1) is 17.3 Å². The highest BCUT2D eigenvalue weighted by molar-refractivity contribution is 6.01. The molecule has 0 amide bonds. The average molecular weight is 318 g/mol. The van der Waals surface area contributed by atoms with Crippen LogP contribution in [0.5, 0.6) is 0 Å². The fraction of sp³-hybridized carbons (Fsp3) is 0.250. The summed E-state index contributed by atoms with van der Waals surface area (Å²) in [5.41, 5.74) is 2.26. The van der Waals surface area contributed by atoms with E-state index in [1.807, 2.05) is 19.9 Å². The largest absolute Gasteiger partial charge is 0.294 e. The first kappa shape index (κ1) is 15.9. The van der Waals surface area contributed by atoms with E-state index in [2.05, 4.69) is 16.8 Å². The normalized spacial score (nSPS) is 15.0. The Morgan fingerprint density at radius 3 is 2.67 bits per heavy atom. The Kier molecular flexibility index (Phi) is 3.91. The van der Waals surface area contributed by atoms with Gasteiger partial charge in [0.2, 0.25) is 0 Å². The maximum absolute atomic E-state index is 13.4. The van der Waals surface area contributed by atoms with Crippen LogP contribution in [0.15, 0.2) is 30.3 Å². The number of halogens is 1. The van der Waals surface area contributed by atoms with Crippen molar-refractivity contribution in [1.82, 2.24) is 4.98 Å². The summed E-state index contributed by atoms with van der Waals surface area (Å²) in [5, 5.41) is 8.86. The fourth-order valence-electron chi connectivity index (χ4n) is 2.74. The number of ketones is 1. The van der Waals surface area contributed by atoms with Gasteiger partial charge in [-0.3, -0.25) is 4.79 Å². The number of benzene rings is 1. The van der Waals surface area contributed by atoms with Gasteiger partial charge in [0.15, 0.2) is 5.78 Å². The first-order chi connectivity index (χ1) is 11.4. The lowest BCUT2D eigenvalue weighted by Gasteiger charge is -2.28. The Hall–Kier alpha value is -2.98. The Bertz CT molecular complexity index is 942. The minimum Gasteiger partial charge on any atom is -0.294 e. The lowest BCUT2D eigenvalue weighted by atomic mass is 9.75. The van der Waals surface area contributed by atoms with Crippen LogP contribution >= 0.6 is 0 Å². The van der Waals surface area contributed by atoms with Crippen LogP contribution in [0.2, 0.25) is 0 Å². The molecular weight excluding hydrogens is 303 g/mol. The molecule has 0 spiro atoms. The molecule has 0 radical (unpaired) electrons. The van der Waals surface area contributed by atoms with Gasteiger partial charge in [-0.25, -0.2) is 9.37 Å². The summed E-state index contributed by atoms with van der Waals surface area (Å²) in [4.78, 5) is 16.8. The molecule has 2 aromatic rings. The molecule has 118 valence electrons. The molecule has 0 aliphatic heterocycles. The molecule has 0 saturated heterocycles. The van der Waals surface area contributed by atoms with Gasteiger partial charge < -0.3 is 0 Å². The second-order valence-corrected chi connectivity index (χ2v) is 6.49. The summed E-state index contributed by atoms with van der Waals surface area (Å²) in [5.74, 6) is 5.31. The van der Waals surface area contributed by atoms with E-state index in [-0.39, 0.29) is 16.8 Å². The van der Waals surface area contributed by atoms with Crippen LogP contribution in [0, 0.1) is 34.4 Å². The molecule has 24 heavy (non-hydrogen) atoms. The van der Waals surface area contributed by atoms with Crippen molar-refractivity contribution in [1.29, 1.82) is 5.26 Å². The number of nitrogens with zero attached hydrogens (tertiary/aromatic N) is 2. The molecule has 0 N–H and O–H groups in total. The van der Waals surface area contributed by atoms with E-state index < -0.39 is 5.82 Å². The Labute approximate surface area is 140 Å². The summed E-state index contributed by atoms with van der Waals surface area (Å²) in [6, 6.07) is 9.34. The lowest BCUT2D eigenvalue weighted by molar-refractivity contribution is 0.0809. The molecule has 4 heteroatoms. The molecule has 0 unspecified atom stereocenters. The predicted molar refractivity (Wildman–Crippen MR) is 87.8 cm³/mol. The minimum absolute atomic E-state index is 0.111. The zero-order valence-corrected chi connectivity index (χ0v) is 13.5. The highest BCUT2D eigenvalue weighted by atomic mass is 19.1. The Balaban J connectivity index is 1.93. The molecule has 3 rings (SSSR count). The summed E-state index contributed by atoms with van der Waals surface area (Å²) in [6.07, 6.45) is 1.50. The Morgan fingerprint density at radius 2 is 1.92 bits per heavy atom. The van der Waals surface area contributed by atoms with Crippen LogP contribution in [-0.2, 0) is 6.42 Å². The zero-order valence-electron chi connectivity index (χ0n) is 13.5. The molecule has 1 heterocycles. The van der Waals surface area contributed by atoms with Crippen molar-refractivity contribution in [3.05, 3.63) is 64.2 Å². The monoisotopic (exact) mass is 318 g/mol. The zero-order chi connectivity index (χ0) is 17.3. The van der Waals surface area contributed by atoms with Crippen molar-refractivity contribution < 1.29 is 9.18 Å². The predicted octanol–water partition coefficient (Wildman–Crippen LogP) is 3.65. The van der Waals surface area contributed by atoms with E-state index in [1.54, 1.807) is 12.1 Å². The first-order valence-electron chi connectivity index (χ1n) is 7.66. The minimum atomic E-state index is -0.496. The summed E-state index contributed by atoms with van der Waals surface area (Å²) in [6.45, 7) is 3.89. The van der Waals surface area contributed by atoms with Crippen molar-refractivity contribution in [2.75, 3.05) is 0 Å². The second kappa shape index (κ2) is 5.91. The van der Waals surface area contributed by atoms with Gasteiger partial charge in [0.25, 0.3) is 0 Å². The third-order valence-corrected chi connectivity index (χ3v) is 4.18. The van der Waals surface area contributed by atoms with Gasteiger partial charge in [-0.05, 0) is 49.1 Å². The van der Waals surface area contributed by atoms with Gasteiger partial charge in [0, 0.05) is 16.5 Å². The summed E-state index contributed by atoms with van der Waals surface area (Å²) < 4.78 is 13.4. The lowest BCUT2D eigenvalue weighted by Crippen LogP contribution is -2.31. The third kappa shape index (κ3) is 3.05. The van der Waals surface area contributed by atoms with Gasteiger partial charge >= 0.3 is 0 Å². The molecule has 0 saturated carbocycles. The first-order valence-corrected chi connectivity index (χ1v) is 7.66. The van der Waals surface area contributed by atoms with Crippen LogP contribution in [0.4, 0.5) is 4.39 Å². The van der Waals surface area contributed by atoms with E-state index in [1.165, 1.54) is 12.1 Å². The van der Waals surface area contributed by atoms with Gasteiger partial charge in [-0.1, -0.05) is 19.8 Å². The standard InChI is InChI=1S/C20H15FN2O/c1-20(2)8-7-18-17(19(20)24)6-5-16(23-18)4-3-13-9-14(12-22)11-15(21)10-13/h5-6,9-11H,7-8H2,1-2H3. The second-order valence-electron chi connectivity index (χ2n) is 6.49. The molecule has 0 atom stereocenters. The number of aryl methyl sites for hydroxylation is 1. The summed E-state index contributed by atoms with van der Waals surface area (Å²) >= 11 is 0. The van der Waals surface area contributed by atoms with E-state index in [9.17, 15) is 9.18 Å². The van der Waals surface area contributed by atoms with Gasteiger partial charge in [-0.15, -0.1) is 0 Å². The van der Waals surface area contributed by atoms with Gasteiger partial charge in [0.1, 0.15) is 11.5 Å². The fourth-order valence-corrected chi connectivity index (χ4v) is 2.74.